The SMILES string of the molecule is C#Cc1ccc(-c2cc3cc4nc(cc5ccc(cc6nc(cc2[nH]3)C=C6)[nH]5)C=C4)cc1.[Fe]. The number of terminal acetylenes is 1. The minimum Gasteiger partial charge on any atom is -0.355 e. The molecular formula is C28H18FeN4. The Kier molecular flexibility index (Phi) is 5.32. The van der Waals surface area contributed by atoms with Crippen LogP contribution in [-0.4, -0.2) is 19.9 Å². The average molecular weight is 466 g/mol. The third-order valence-electron chi connectivity index (χ3n) is 5.53. The van der Waals surface area contributed by atoms with Crippen LogP contribution in [0.5, 0.6) is 0 Å². The van der Waals surface area contributed by atoms with Crippen LogP contribution in [0.1, 0.15) is 28.3 Å². The Morgan fingerprint density at radius 1 is 0.606 bits per heavy atom. The van der Waals surface area contributed by atoms with E-state index in [9.17, 15) is 0 Å². The molecule has 0 aliphatic carbocycles. The molecule has 6 rings (SSSR count). The van der Waals surface area contributed by atoms with Crippen molar-refractivity contribution in [3.63, 3.8) is 0 Å². The van der Waals surface area contributed by atoms with Crippen LogP contribution >= 0.6 is 0 Å². The summed E-state index contributed by atoms with van der Waals surface area (Å²) in [5.41, 5.74) is 10.6. The molecule has 0 amide bonds. The third kappa shape index (κ3) is 4.18. The molecule has 0 saturated carbocycles. The Balaban J connectivity index is 0.00000228. The van der Waals surface area contributed by atoms with E-state index in [0.717, 1.165) is 61.5 Å². The van der Waals surface area contributed by atoms with E-state index in [2.05, 4.69) is 46.2 Å². The van der Waals surface area contributed by atoms with Gasteiger partial charge in [-0.05, 0) is 84.5 Å². The summed E-state index contributed by atoms with van der Waals surface area (Å²) in [6.45, 7) is 0. The molecule has 0 spiro atoms. The predicted molar refractivity (Wildman–Crippen MR) is 132 cm³/mol. The van der Waals surface area contributed by atoms with Crippen LogP contribution in [0.3, 0.4) is 0 Å². The number of nitrogens with zero attached hydrogens (tertiary/aromatic N) is 2. The van der Waals surface area contributed by atoms with Crippen LogP contribution < -0.4 is 0 Å². The molecule has 33 heavy (non-hydrogen) atoms. The number of aromatic amines is 2. The summed E-state index contributed by atoms with van der Waals surface area (Å²) in [6, 6.07) is 22.5. The Hall–Kier alpha value is -4.10. The molecule has 0 fully saturated rings. The maximum Gasteiger partial charge on any atom is 0.0658 e. The fourth-order valence-electron chi connectivity index (χ4n) is 4.00. The molecule has 0 unspecified atom stereocenters. The smallest absolute Gasteiger partial charge is 0.0658 e. The van der Waals surface area contributed by atoms with Crippen molar-refractivity contribution in [2.75, 3.05) is 0 Å². The van der Waals surface area contributed by atoms with Gasteiger partial charge in [-0.25, -0.2) is 9.97 Å². The van der Waals surface area contributed by atoms with Gasteiger partial charge in [0.15, 0.2) is 0 Å². The molecule has 8 bridgehead atoms. The minimum absolute atomic E-state index is 0. The van der Waals surface area contributed by atoms with Crippen molar-refractivity contribution in [3.05, 3.63) is 95.1 Å². The second-order valence-electron chi connectivity index (χ2n) is 7.81. The molecule has 0 radical (unpaired) electrons. The van der Waals surface area contributed by atoms with E-state index in [1.54, 1.807) is 0 Å². The number of nitrogens with one attached hydrogen (secondary N) is 2. The van der Waals surface area contributed by atoms with E-state index in [1.165, 1.54) is 0 Å². The summed E-state index contributed by atoms with van der Waals surface area (Å²) in [5.74, 6) is 2.68. The molecular weight excluding hydrogens is 448 g/mol. The van der Waals surface area contributed by atoms with Crippen molar-refractivity contribution in [2.24, 2.45) is 0 Å². The van der Waals surface area contributed by atoms with E-state index in [1.807, 2.05) is 60.7 Å². The monoisotopic (exact) mass is 466 g/mol. The number of fused-ring (bicyclic) bond motifs is 8. The first-order valence-electron chi connectivity index (χ1n) is 10.4. The Bertz CT molecular complexity index is 1630. The van der Waals surface area contributed by atoms with E-state index >= 15 is 0 Å². The number of H-pyrrole nitrogens is 2. The topological polar surface area (TPSA) is 57.4 Å². The maximum atomic E-state index is 5.53. The van der Waals surface area contributed by atoms with Crippen molar-refractivity contribution in [2.45, 2.75) is 0 Å². The summed E-state index contributed by atoms with van der Waals surface area (Å²) < 4.78 is 0. The zero-order chi connectivity index (χ0) is 21.5. The molecule has 0 atom stereocenters. The molecule has 4 nitrogen and oxygen atoms in total. The average Bonchev–Trinajstić information content (AvgIpc) is 3.59. The molecule has 0 saturated heterocycles. The summed E-state index contributed by atoms with van der Waals surface area (Å²) in [6.07, 6.45) is 13.6. The number of hydrogen-bond acceptors (Lipinski definition) is 2. The van der Waals surface area contributed by atoms with E-state index in [-0.39, 0.29) is 17.1 Å². The summed E-state index contributed by atoms with van der Waals surface area (Å²) >= 11 is 0. The van der Waals surface area contributed by atoms with Crippen molar-refractivity contribution >= 4 is 46.4 Å². The van der Waals surface area contributed by atoms with Crippen LogP contribution in [0.4, 0.5) is 0 Å². The first kappa shape index (κ1) is 20.8. The van der Waals surface area contributed by atoms with Crippen LogP contribution in [-0.2, 0) is 17.1 Å². The zero-order valence-corrected chi connectivity index (χ0v) is 18.6. The quantitative estimate of drug-likeness (QED) is 0.221. The van der Waals surface area contributed by atoms with Crippen LogP contribution in [0.15, 0.2) is 66.7 Å². The molecule has 5 heterocycles. The fraction of sp³-hybridized carbons (Fsp3) is 0. The number of rotatable bonds is 1. The van der Waals surface area contributed by atoms with Crippen LogP contribution in [0.25, 0.3) is 57.5 Å². The molecule has 2 N–H and O–H groups in total. The second-order valence-corrected chi connectivity index (χ2v) is 7.81. The Labute approximate surface area is 201 Å². The van der Waals surface area contributed by atoms with Gasteiger partial charge < -0.3 is 9.97 Å². The van der Waals surface area contributed by atoms with E-state index < -0.39 is 0 Å². The summed E-state index contributed by atoms with van der Waals surface area (Å²) in [7, 11) is 0. The van der Waals surface area contributed by atoms with Gasteiger partial charge in [0.25, 0.3) is 0 Å². The minimum atomic E-state index is 0. The van der Waals surface area contributed by atoms with Gasteiger partial charge in [0.05, 0.1) is 22.8 Å². The van der Waals surface area contributed by atoms with Gasteiger partial charge in [0.2, 0.25) is 0 Å². The molecule has 158 valence electrons. The van der Waals surface area contributed by atoms with Crippen LogP contribution in [0.2, 0.25) is 0 Å². The summed E-state index contributed by atoms with van der Waals surface area (Å²) in [4.78, 5) is 16.4. The molecule has 2 aliphatic heterocycles. The largest absolute Gasteiger partial charge is 0.355 e. The standard InChI is InChI=1S/C28H18N4.Fe/c1-2-18-3-5-19(6-4-18)27-16-26-15-24-10-9-22(30-24)13-20-7-8-21(29-20)14-23-11-12-25(31-23)17-28(27)32-26;/h1,3-17,29,32H;. The molecule has 2 aliphatic rings. The Morgan fingerprint density at radius 2 is 1.15 bits per heavy atom. The van der Waals surface area contributed by atoms with Crippen molar-refractivity contribution < 1.29 is 17.1 Å². The molecule has 1 aromatic carbocycles. The maximum absolute atomic E-state index is 5.53. The van der Waals surface area contributed by atoms with Gasteiger partial charge >= 0.3 is 0 Å². The van der Waals surface area contributed by atoms with Gasteiger partial charge in [0.1, 0.15) is 0 Å². The molecule has 4 aromatic rings. The van der Waals surface area contributed by atoms with Crippen molar-refractivity contribution in [1.29, 1.82) is 0 Å². The number of aromatic nitrogens is 4. The van der Waals surface area contributed by atoms with Gasteiger partial charge in [0, 0.05) is 50.3 Å². The zero-order valence-electron chi connectivity index (χ0n) is 17.5. The van der Waals surface area contributed by atoms with Crippen molar-refractivity contribution in [1.82, 2.24) is 19.9 Å². The fourth-order valence-corrected chi connectivity index (χ4v) is 4.00. The predicted octanol–water partition coefficient (Wildman–Crippen LogP) is 6.30. The molecule has 5 heteroatoms. The van der Waals surface area contributed by atoms with Gasteiger partial charge in [-0.3, -0.25) is 0 Å². The van der Waals surface area contributed by atoms with Gasteiger partial charge in [-0.1, -0.05) is 18.1 Å². The Morgan fingerprint density at radius 3 is 1.73 bits per heavy atom. The van der Waals surface area contributed by atoms with Gasteiger partial charge in [-0.2, -0.15) is 0 Å². The molecule has 3 aromatic heterocycles. The van der Waals surface area contributed by atoms with Gasteiger partial charge in [-0.15, -0.1) is 6.42 Å². The normalized spacial score (nSPS) is 11.7. The first-order chi connectivity index (χ1) is 15.7. The van der Waals surface area contributed by atoms with E-state index in [0.29, 0.717) is 0 Å². The first-order valence-corrected chi connectivity index (χ1v) is 10.4. The van der Waals surface area contributed by atoms with Crippen LogP contribution in [0, 0.1) is 12.3 Å². The summed E-state index contributed by atoms with van der Waals surface area (Å²) in [5, 5.41) is 0. The number of benzene rings is 1. The number of hydrogen-bond donors (Lipinski definition) is 2. The third-order valence-corrected chi connectivity index (χ3v) is 5.53. The van der Waals surface area contributed by atoms with E-state index in [4.69, 9.17) is 16.4 Å². The second kappa shape index (κ2) is 8.44. The van der Waals surface area contributed by atoms with Crippen molar-refractivity contribution in [3.8, 4) is 23.5 Å².